The molecular weight excluding hydrogens is 261 g/mol. The Morgan fingerprint density at radius 3 is 3.05 bits per heavy atom. The number of aromatic nitrogens is 1. The number of fused-ring (bicyclic) bond motifs is 1. The summed E-state index contributed by atoms with van der Waals surface area (Å²) >= 11 is 1.52. The van der Waals surface area contributed by atoms with E-state index in [9.17, 15) is 4.39 Å². The number of thiazole rings is 1. The lowest BCUT2D eigenvalue weighted by Gasteiger charge is -2.21. The van der Waals surface area contributed by atoms with Crippen LogP contribution in [0.2, 0.25) is 0 Å². The zero-order chi connectivity index (χ0) is 13.4. The molecule has 96 valence electrons. The van der Waals surface area contributed by atoms with E-state index >= 15 is 0 Å². The predicted molar refractivity (Wildman–Crippen MR) is 72.4 cm³/mol. The van der Waals surface area contributed by atoms with Crippen LogP contribution in [-0.4, -0.2) is 4.98 Å². The summed E-state index contributed by atoms with van der Waals surface area (Å²) in [7, 11) is 0. The normalized spacial score (nSPS) is 17.8. The SMILES string of the molecule is N#Cc1ccc(C2CCc3nc(N)sc3C2)cc1F. The van der Waals surface area contributed by atoms with Crippen LogP contribution in [0.5, 0.6) is 0 Å². The van der Waals surface area contributed by atoms with Crippen LogP contribution in [0.3, 0.4) is 0 Å². The van der Waals surface area contributed by atoms with Gasteiger partial charge in [0.1, 0.15) is 11.9 Å². The lowest BCUT2D eigenvalue weighted by molar-refractivity contribution is 0.572. The average Bonchev–Trinajstić information content (AvgIpc) is 2.77. The van der Waals surface area contributed by atoms with Crippen LogP contribution >= 0.6 is 11.3 Å². The molecule has 19 heavy (non-hydrogen) atoms. The molecule has 1 atom stereocenters. The minimum atomic E-state index is -0.436. The van der Waals surface area contributed by atoms with Crippen molar-refractivity contribution < 1.29 is 4.39 Å². The Bertz CT molecular complexity index is 672. The number of anilines is 1. The van der Waals surface area contributed by atoms with Crippen molar-refractivity contribution in [3.8, 4) is 6.07 Å². The molecule has 1 aromatic heterocycles. The van der Waals surface area contributed by atoms with E-state index in [1.165, 1.54) is 22.3 Å². The number of hydrogen-bond acceptors (Lipinski definition) is 4. The molecule has 0 spiro atoms. The van der Waals surface area contributed by atoms with Gasteiger partial charge < -0.3 is 5.73 Å². The van der Waals surface area contributed by atoms with Crippen molar-refractivity contribution in [3.05, 3.63) is 45.7 Å². The van der Waals surface area contributed by atoms with Gasteiger partial charge in [-0.05, 0) is 42.9 Å². The van der Waals surface area contributed by atoms with Gasteiger partial charge in [-0.25, -0.2) is 9.37 Å². The number of nitrogens with zero attached hydrogens (tertiary/aromatic N) is 2. The number of nitrogen functional groups attached to an aromatic ring is 1. The first-order valence-corrected chi connectivity index (χ1v) is 6.92. The summed E-state index contributed by atoms with van der Waals surface area (Å²) in [6.07, 6.45) is 2.69. The van der Waals surface area contributed by atoms with Crippen LogP contribution in [-0.2, 0) is 12.8 Å². The van der Waals surface area contributed by atoms with Crippen LogP contribution in [0.4, 0.5) is 9.52 Å². The molecule has 0 bridgehead atoms. The van der Waals surface area contributed by atoms with E-state index in [4.69, 9.17) is 11.0 Å². The number of rotatable bonds is 1. The highest BCUT2D eigenvalue weighted by molar-refractivity contribution is 7.15. The van der Waals surface area contributed by atoms with Gasteiger partial charge in [0.25, 0.3) is 0 Å². The summed E-state index contributed by atoms with van der Waals surface area (Å²) in [6, 6.07) is 6.74. The molecule has 0 saturated carbocycles. The van der Waals surface area contributed by atoms with Crippen LogP contribution in [0.15, 0.2) is 18.2 Å². The highest BCUT2D eigenvalue weighted by atomic mass is 32.1. The van der Waals surface area contributed by atoms with Crippen molar-refractivity contribution in [2.45, 2.75) is 25.2 Å². The third-order valence-electron chi connectivity index (χ3n) is 3.54. The Morgan fingerprint density at radius 2 is 2.32 bits per heavy atom. The standard InChI is InChI=1S/C14H12FN3S/c15-11-5-8(1-2-10(11)7-16)9-3-4-12-13(6-9)19-14(17)18-12/h1-2,5,9H,3-4,6H2,(H2,17,18). The zero-order valence-electron chi connectivity index (χ0n) is 10.2. The van der Waals surface area contributed by atoms with Crippen molar-refractivity contribution in [1.29, 1.82) is 5.26 Å². The number of nitriles is 1. The monoisotopic (exact) mass is 273 g/mol. The van der Waals surface area contributed by atoms with Gasteiger partial charge in [-0.15, -0.1) is 11.3 Å². The Kier molecular flexibility index (Phi) is 2.96. The van der Waals surface area contributed by atoms with E-state index in [0.717, 1.165) is 30.5 Å². The summed E-state index contributed by atoms with van der Waals surface area (Å²) < 4.78 is 13.7. The Hall–Kier alpha value is -1.93. The Labute approximate surface area is 114 Å². The lowest BCUT2D eigenvalue weighted by atomic mass is 9.85. The molecule has 2 N–H and O–H groups in total. The van der Waals surface area contributed by atoms with Crippen LogP contribution < -0.4 is 5.73 Å². The maximum absolute atomic E-state index is 13.7. The summed E-state index contributed by atoms with van der Waals surface area (Å²) in [5.74, 6) is -0.149. The number of nitrogens with two attached hydrogens (primary N) is 1. The Morgan fingerprint density at radius 1 is 1.47 bits per heavy atom. The van der Waals surface area contributed by atoms with E-state index in [2.05, 4.69) is 4.98 Å². The van der Waals surface area contributed by atoms with Gasteiger partial charge in [0.2, 0.25) is 0 Å². The molecule has 0 fully saturated rings. The van der Waals surface area contributed by atoms with Gasteiger partial charge in [-0.3, -0.25) is 0 Å². The second-order valence-electron chi connectivity index (χ2n) is 4.71. The third kappa shape index (κ3) is 2.20. The number of halogens is 1. The van der Waals surface area contributed by atoms with Crippen molar-refractivity contribution in [2.24, 2.45) is 0 Å². The molecule has 0 saturated heterocycles. The minimum absolute atomic E-state index is 0.0993. The van der Waals surface area contributed by atoms with Crippen LogP contribution in [0.1, 0.15) is 34.0 Å². The molecule has 3 rings (SSSR count). The van der Waals surface area contributed by atoms with Crippen molar-refractivity contribution in [2.75, 3.05) is 5.73 Å². The van der Waals surface area contributed by atoms with E-state index < -0.39 is 5.82 Å². The molecule has 0 amide bonds. The minimum Gasteiger partial charge on any atom is -0.375 e. The molecule has 2 aromatic rings. The van der Waals surface area contributed by atoms with E-state index in [0.29, 0.717) is 5.13 Å². The number of benzene rings is 1. The molecule has 5 heteroatoms. The second-order valence-corrected chi connectivity index (χ2v) is 5.83. The van der Waals surface area contributed by atoms with E-state index in [1.54, 1.807) is 6.07 Å². The number of aryl methyl sites for hydroxylation is 1. The fourth-order valence-electron chi connectivity index (χ4n) is 2.56. The molecule has 3 nitrogen and oxygen atoms in total. The fourth-order valence-corrected chi connectivity index (χ4v) is 3.51. The molecule has 1 heterocycles. The van der Waals surface area contributed by atoms with Gasteiger partial charge in [0.15, 0.2) is 5.13 Å². The molecule has 1 unspecified atom stereocenters. The summed E-state index contributed by atoms with van der Waals surface area (Å²) in [5, 5.41) is 9.35. The molecule has 0 aliphatic heterocycles. The number of hydrogen-bond donors (Lipinski definition) is 1. The first kappa shape index (κ1) is 12.1. The molecule has 1 aliphatic rings. The predicted octanol–water partition coefficient (Wildman–Crippen LogP) is 3.01. The largest absolute Gasteiger partial charge is 0.375 e. The quantitative estimate of drug-likeness (QED) is 0.868. The first-order valence-electron chi connectivity index (χ1n) is 6.11. The lowest BCUT2D eigenvalue weighted by Crippen LogP contribution is -2.11. The maximum atomic E-state index is 13.7. The summed E-state index contributed by atoms with van der Waals surface area (Å²) in [5.41, 5.74) is 7.86. The van der Waals surface area contributed by atoms with Gasteiger partial charge in [0.05, 0.1) is 11.3 Å². The van der Waals surface area contributed by atoms with Gasteiger partial charge >= 0.3 is 0 Å². The molecule has 0 radical (unpaired) electrons. The van der Waals surface area contributed by atoms with Crippen LogP contribution in [0.25, 0.3) is 0 Å². The van der Waals surface area contributed by atoms with Gasteiger partial charge in [-0.1, -0.05) is 6.07 Å². The highest BCUT2D eigenvalue weighted by Gasteiger charge is 2.23. The summed E-state index contributed by atoms with van der Waals surface area (Å²) in [4.78, 5) is 5.51. The summed E-state index contributed by atoms with van der Waals surface area (Å²) in [6.45, 7) is 0. The Balaban J connectivity index is 1.89. The maximum Gasteiger partial charge on any atom is 0.180 e. The highest BCUT2D eigenvalue weighted by Crippen LogP contribution is 2.36. The topological polar surface area (TPSA) is 62.7 Å². The fraction of sp³-hybridized carbons (Fsp3) is 0.286. The second kappa shape index (κ2) is 4.63. The van der Waals surface area contributed by atoms with E-state index in [1.807, 2.05) is 12.1 Å². The first-order chi connectivity index (χ1) is 9.17. The van der Waals surface area contributed by atoms with Gasteiger partial charge in [0, 0.05) is 4.88 Å². The zero-order valence-corrected chi connectivity index (χ0v) is 11.0. The van der Waals surface area contributed by atoms with Gasteiger partial charge in [-0.2, -0.15) is 5.26 Å². The smallest absolute Gasteiger partial charge is 0.180 e. The average molecular weight is 273 g/mol. The third-order valence-corrected chi connectivity index (χ3v) is 4.49. The molecule has 1 aliphatic carbocycles. The molecule has 1 aromatic carbocycles. The van der Waals surface area contributed by atoms with Crippen LogP contribution in [0, 0.1) is 17.1 Å². The van der Waals surface area contributed by atoms with E-state index in [-0.39, 0.29) is 11.5 Å². The van der Waals surface area contributed by atoms with Crippen molar-refractivity contribution in [1.82, 2.24) is 4.98 Å². The van der Waals surface area contributed by atoms with Crippen molar-refractivity contribution in [3.63, 3.8) is 0 Å². The molecular formula is C14H12FN3S. The van der Waals surface area contributed by atoms with Crippen molar-refractivity contribution >= 4 is 16.5 Å².